The number of amides is 1. The van der Waals surface area contributed by atoms with Crippen LogP contribution in [0.2, 0.25) is 0 Å². The number of ether oxygens (including phenoxy) is 1. The first-order valence-corrected chi connectivity index (χ1v) is 8.59. The number of fused-ring (bicyclic) bond motifs is 1. The Labute approximate surface area is 156 Å². The van der Waals surface area contributed by atoms with E-state index in [0.29, 0.717) is 11.4 Å². The van der Waals surface area contributed by atoms with Gasteiger partial charge in [0.2, 0.25) is 5.91 Å². The second kappa shape index (κ2) is 7.29. The van der Waals surface area contributed by atoms with E-state index in [2.05, 4.69) is 21.4 Å². The Bertz CT molecular complexity index is 1070. The number of aryl methyl sites for hydroxylation is 1. The van der Waals surface area contributed by atoms with Crippen LogP contribution in [-0.4, -0.2) is 20.4 Å². The monoisotopic (exact) mass is 358 g/mol. The third-order valence-electron chi connectivity index (χ3n) is 4.21. The summed E-state index contributed by atoms with van der Waals surface area (Å²) < 4.78 is 7.56. The predicted molar refractivity (Wildman–Crippen MR) is 104 cm³/mol. The average Bonchev–Trinajstić information content (AvgIpc) is 2.99. The van der Waals surface area contributed by atoms with Gasteiger partial charge in [-0.25, -0.2) is 9.97 Å². The van der Waals surface area contributed by atoms with Gasteiger partial charge in [-0.3, -0.25) is 4.79 Å². The second-order valence-corrected chi connectivity index (χ2v) is 6.14. The van der Waals surface area contributed by atoms with E-state index in [0.717, 1.165) is 16.6 Å². The van der Waals surface area contributed by atoms with E-state index < -0.39 is 0 Å². The Hall–Kier alpha value is -3.67. The van der Waals surface area contributed by atoms with Gasteiger partial charge < -0.3 is 14.6 Å². The molecular formula is C21H18N4O2. The Morgan fingerprint density at radius 3 is 2.56 bits per heavy atom. The van der Waals surface area contributed by atoms with Crippen LogP contribution in [0.1, 0.15) is 5.69 Å². The Morgan fingerprint density at radius 2 is 1.78 bits per heavy atom. The van der Waals surface area contributed by atoms with Crippen molar-refractivity contribution in [2.45, 2.75) is 13.5 Å². The van der Waals surface area contributed by atoms with Gasteiger partial charge in [0.15, 0.2) is 0 Å². The number of benzene rings is 2. The fourth-order valence-electron chi connectivity index (χ4n) is 2.95. The molecule has 0 radical (unpaired) electrons. The molecule has 0 unspecified atom stereocenters. The third-order valence-corrected chi connectivity index (χ3v) is 4.21. The summed E-state index contributed by atoms with van der Waals surface area (Å²) >= 11 is 0. The highest BCUT2D eigenvalue weighted by molar-refractivity contribution is 5.92. The molecule has 2 aromatic heterocycles. The van der Waals surface area contributed by atoms with Crippen LogP contribution >= 0.6 is 0 Å². The number of hydrogen-bond donors (Lipinski definition) is 1. The number of carbonyl (C=O) groups excluding carboxylic acids is 1. The van der Waals surface area contributed by atoms with Gasteiger partial charge in [-0.05, 0) is 54.8 Å². The van der Waals surface area contributed by atoms with Crippen LogP contribution in [0.4, 0.5) is 5.69 Å². The summed E-state index contributed by atoms with van der Waals surface area (Å²) in [6, 6.07) is 19.2. The van der Waals surface area contributed by atoms with Gasteiger partial charge in [-0.15, -0.1) is 0 Å². The predicted octanol–water partition coefficient (Wildman–Crippen LogP) is 4.17. The van der Waals surface area contributed by atoms with Crippen LogP contribution < -0.4 is 10.1 Å². The number of carbonyl (C=O) groups is 1. The largest absolute Gasteiger partial charge is 0.424 e. The quantitative estimate of drug-likeness (QED) is 0.581. The number of anilines is 1. The van der Waals surface area contributed by atoms with Gasteiger partial charge in [0, 0.05) is 29.3 Å². The normalized spacial score (nSPS) is 10.7. The lowest BCUT2D eigenvalue weighted by Crippen LogP contribution is -2.19. The first-order chi connectivity index (χ1) is 13.2. The molecule has 0 aliphatic carbocycles. The topological polar surface area (TPSA) is 69.0 Å². The van der Waals surface area contributed by atoms with Crippen LogP contribution in [0.15, 0.2) is 73.1 Å². The molecule has 0 spiro atoms. The fourth-order valence-corrected chi connectivity index (χ4v) is 2.95. The summed E-state index contributed by atoms with van der Waals surface area (Å²) in [5.74, 6) is 0.519. The van der Waals surface area contributed by atoms with Crippen molar-refractivity contribution in [3.8, 4) is 11.8 Å². The first-order valence-electron chi connectivity index (χ1n) is 8.59. The van der Waals surface area contributed by atoms with E-state index >= 15 is 0 Å². The van der Waals surface area contributed by atoms with Crippen molar-refractivity contribution < 1.29 is 9.53 Å². The molecule has 0 atom stereocenters. The van der Waals surface area contributed by atoms with Crippen molar-refractivity contribution in [2.75, 3.05) is 5.32 Å². The highest BCUT2D eigenvalue weighted by Gasteiger charge is 2.10. The lowest BCUT2D eigenvalue weighted by atomic mass is 10.2. The summed E-state index contributed by atoms with van der Waals surface area (Å²) in [6.07, 6.45) is 3.23. The lowest BCUT2D eigenvalue weighted by Gasteiger charge is -2.10. The summed E-state index contributed by atoms with van der Waals surface area (Å²) in [5, 5.41) is 4.05. The minimum atomic E-state index is -0.0838. The molecule has 134 valence electrons. The van der Waals surface area contributed by atoms with Crippen LogP contribution in [0.25, 0.3) is 10.9 Å². The number of hydrogen-bond acceptors (Lipinski definition) is 4. The van der Waals surface area contributed by atoms with Gasteiger partial charge >= 0.3 is 6.01 Å². The molecule has 2 heterocycles. The molecule has 6 heteroatoms. The maximum Gasteiger partial charge on any atom is 0.321 e. The van der Waals surface area contributed by atoms with E-state index in [9.17, 15) is 4.79 Å². The number of nitrogens with one attached hydrogen (secondary N) is 1. The van der Waals surface area contributed by atoms with E-state index in [1.165, 1.54) is 0 Å². The van der Waals surface area contributed by atoms with Gasteiger partial charge in [-0.1, -0.05) is 18.2 Å². The molecule has 0 aliphatic rings. The SMILES string of the molecule is Cc1cc2ccccc2n1CC(=O)Nc1ccc(Oc2ncccn2)cc1. The average molecular weight is 358 g/mol. The maximum atomic E-state index is 12.5. The van der Waals surface area contributed by atoms with Gasteiger partial charge in [-0.2, -0.15) is 0 Å². The molecule has 0 bridgehead atoms. The highest BCUT2D eigenvalue weighted by atomic mass is 16.5. The number of rotatable bonds is 5. The van der Waals surface area contributed by atoms with Crippen LogP contribution in [0, 0.1) is 6.92 Å². The first kappa shape index (κ1) is 16.8. The maximum absolute atomic E-state index is 12.5. The molecule has 4 rings (SSSR count). The summed E-state index contributed by atoms with van der Waals surface area (Å²) in [7, 11) is 0. The van der Waals surface area contributed by atoms with Gasteiger partial charge in [0.25, 0.3) is 0 Å². The van der Waals surface area contributed by atoms with E-state index in [1.54, 1.807) is 42.7 Å². The summed E-state index contributed by atoms with van der Waals surface area (Å²) in [5.41, 5.74) is 2.81. The second-order valence-electron chi connectivity index (χ2n) is 6.14. The fraction of sp³-hybridized carbons (Fsp3) is 0.0952. The molecule has 1 amide bonds. The highest BCUT2D eigenvalue weighted by Crippen LogP contribution is 2.21. The molecule has 0 aliphatic heterocycles. The van der Waals surface area contributed by atoms with Crippen molar-refractivity contribution in [3.05, 3.63) is 78.8 Å². The number of aromatic nitrogens is 3. The Kier molecular flexibility index (Phi) is 4.53. The van der Waals surface area contributed by atoms with Gasteiger partial charge in [0.1, 0.15) is 12.3 Å². The van der Waals surface area contributed by atoms with E-state index in [4.69, 9.17) is 4.74 Å². The minimum absolute atomic E-state index is 0.0838. The van der Waals surface area contributed by atoms with Crippen LogP contribution in [0.3, 0.4) is 0 Å². The third kappa shape index (κ3) is 3.79. The van der Waals surface area contributed by atoms with E-state index in [-0.39, 0.29) is 18.5 Å². The van der Waals surface area contributed by atoms with Crippen LogP contribution in [0.5, 0.6) is 11.8 Å². The lowest BCUT2D eigenvalue weighted by molar-refractivity contribution is -0.116. The molecule has 27 heavy (non-hydrogen) atoms. The molecule has 1 N–H and O–H groups in total. The summed E-state index contributed by atoms with van der Waals surface area (Å²) in [6.45, 7) is 2.26. The summed E-state index contributed by atoms with van der Waals surface area (Å²) in [4.78, 5) is 20.5. The van der Waals surface area contributed by atoms with Crippen molar-refractivity contribution in [3.63, 3.8) is 0 Å². The molecule has 0 saturated carbocycles. The van der Waals surface area contributed by atoms with Gasteiger partial charge in [0.05, 0.1) is 0 Å². The van der Waals surface area contributed by atoms with Crippen molar-refractivity contribution in [2.24, 2.45) is 0 Å². The molecular weight excluding hydrogens is 340 g/mol. The zero-order chi connectivity index (χ0) is 18.6. The standard InChI is InChI=1S/C21H18N4O2/c1-15-13-16-5-2-3-6-19(16)25(15)14-20(26)24-17-7-9-18(10-8-17)27-21-22-11-4-12-23-21/h2-13H,14H2,1H3,(H,24,26). The molecule has 4 aromatic rings. The van der Waals surface area contributed by atoms with Crippen LogP contribution in [-0.2, 0) is 11.3 Å². The van der Waals surface area contributed by atoms with E-state index in [1.807, 2.05) is 35.8 Å². The smallest absolute Gasteiger partial charge is 0.321 e. The molecule has 0 saturated heterocycles. The van der Waals surface area contributed by atoms with Crippen molar-refractivity contribution in [1.29, 1.82) is 0 Å². The molecule has 0 fully saturated rings. The number of para-hydroxylation sites is 1. The minimum Gasteiger partial charge on any atom is -0.424 e. The Balaban J connectivity index is 1.43. The molecule has 6 nitrogen and oxygen atoms in total. The Morgan fingerprint density at radius 1 is 1.04 bits per heavy atom. The zero-order valence-electron chi connectivity index (χ0n) is 14.8. The van der Waals surface area contributed by atoms with Crippen molar-refractivity contribution >= 4 is 22.5 Å². The molecule has 2 aromatic carbocycles. The van der Waals surface area contributed by atoms with Crippen molar-refractivity contribution in [1.82, 2.24) is 14.5 Å². The zero-order valence-corrected chi connectivity index (χ0v) is 14.8. The number of nitrogens with zero attached hydrogens (tertiary/aromatic N) is 3.